The van der Waals surface area contributed by atoms with Gasteiger partial charge in [-0.1, -0.05) is 40.0 Å². The zero-order chi connectivity index (χ0) is 17.1. The zero-order valence-electron chi connectivity index (χ0n) is 12.1. The van der Waals surface area contributed by atoms with Gasteiger partial charge >= 0.3 is 5.97 Å². The minimum atomic E-state index is -0.585. The van der Waals surface area contributed by atoms with E-state index < -0.39 is 5.97 Å². The first-order chi connectivity index (χ1) is 11.5. The van der Waals surface area contributed by atoms with Crippen molar-refractivity contribution in [1.82, 2.24) is 5.16 Å². The predicted octanol–water partition coefficient (Wildman–Crippen LogP) is 5.66. The maximum Gasteiger partial charge on any atom is 0.340 e. The third kappa shape index (κ3) is 3.90. The Balaban J connectivity index is 1.68. The van der Waals surface area contributed by atoms with E-state index in [1.807, 2.05) is 12.1 Å². The lowest BCUT2D eigenvalue weighted by Crippen LogP contribution is -2.06. The van der Waals surface area contributed by atoms with Crippen molar-refractivity contribution in [2.24, 2.45) is 0 Å². The molecule has 0 N–H and O–H groups in total. The van der Waals surface area contributed by atoms with Crippen molar-refractivity contribution in [2.75, 3.05) is 0 Å². The van der Waals surface area contributed by atoms with Gasteiger partial charge in [0.15, 0.2) is 5.76 Å². The second-order valence-electron chi connectivity index (χ2n) is 4.89. The number of aromatic nitrogens is 1. The standard InChI is InChI=1S/C17H10Cl3NO3/c18-11-3-1-10(2-4-11)16-8-13(21-24-16)9-23-17(22)14-7-12(19)5-6-15(14)20/h1-8H,9H2. The van der Waals surface area contributed by atoms with Gasteiger partial charge in [0.1, 0.15) is 12.3 Å². The highest BCUT2D eigenvalue weighted by Gasteiger charge is 2.14. The minimum absolute atomic E-state index is 0.0429. The van der Waals surface area contributed by atoms with Crippen molar-refractivity contribution in [2.45, 2.75) is 6.61 Å². The number of rotatable bonds is 4. The molecule has 0 saturated heterocycles. The van der Waals surface area contributed by atoms with Gasteiger partial charge in [0.25, 0.3) is 0 Å². The molecule has 7 heteroatoms. The van der Waals surface area contributed by atoms with E-state index in [0.717, 1.165) is 5.56 Å². The molecule has 0 aliphatic carbocycles. The molecule has 0 radical (unpaired) electrons. The van der Waals surface area contributed by atoms with E-state index in [1.54, 1.807) is 24.3 Å². The molecule has 0 spiro atoms. The number of ether oxygens (including phenoxy) is 1. The molecule has 24 heavy (non-hydrogen) atoms. The molecule has 0 unspecified atom stereocenters. The van der Waals surface area contributed by atoms with Gasteiger partial charge in [-0.25, -0.2) is 4.79 Å². The summed E-state index contributed by atoms with van der Waals surface area (Å²) >= 11 is 17.7. The summed E-state index contributed by atoms with van der Waals surface area (Å²) in [6, 6.07) is 13.4. The Kier molecular flexibility index (Phi) is 5.09. The molecular weight excluding hydrogens is 373 g/mol. The average molecular weight is 383 g/mol. The Morgan fingerprint density at radius 3 is 2.46 bits per heavy atom. The molecule has 0 amide bonds. The van der Waals surface area contributed by atoms with Gasteiger partial charge in [0.2, 0.25) is 0 Å². The van der Waals surface area contributed by atoms with Crippen molar-refractivity contribution in [1.29, 1.82) is 0 Å². The van der Waals surface area contributed by atoms with Crippen LogP contribution in [0.15, 0.2) is 53.1 Å². The Hall–Kier alpha value is -2.01. The smallest absolute Gasteiger partial charge is 0.340 e. The molecule has 122 valence electrons. The molecule has 0 atom stereocenters. The molecule has 1 heterocycles. The topological polar surface area (TPSA) is 52.3 Å². The third-order valence-corrected chi connectivity index (χ3v) is 4.00. The Morgan fingerprint density at radius 2 is 1.71 bits per heavy atom. The van der Waals surface area contributed by atoms with Crippen LogP contribution < -0.4 is 0 Å². The number of hydrogen-bond acceptors (Lipinski definition) is 4. The molecular formula is C17H10Cl3NO3. The van der Waals surface area contributed by atoms with Gasteiger partial charge in [-0.2, -0.15) is 0 Å². The van der Waals surface area contributed by atoms with E-state index in [4.69, 9.17) is 44.1 Å². The fraction of sp³-hybridized carbons (Fsp3) is 0.0588. The Morgan fingerprint density at radius 1 is 1.00 bits per heavy atom. The largest absolute Gasteiger partial charge is 0.455 e. The molecule has 1 aromatic heterocycles. The van der Waals surface area contributed by atoms with Crippen LogP contribution in [0.5, 0.6) is 0 Å². The summed E-state index contributed by atoms with van der Waals surface area (Å²) in [7, 11) is 0. The highest BCUT2D eigenvalue weighted by atomic mass is 35.5. The number of nitrogens with zero attached hydrogens (tertiary/aromatic N) is 1. The first kappa shape index (κ1) is 16.8. The summed E-state index contributed by atoms with van der Waals surface area (Å²) in [5.41, 5.74) is 1.50. The van der Waals surface area contributed by atoms with Crippen LogP contribution in [0.2, 0.25) is 15.1 Å². The lowest BCUT2D eigenvalue weighted by molar-refractivity contribution is 0.0464. The maximum atomic E-state index is 12.1. The van der Waals surface area contributed by atoms with E-state index in [9.17, 15) is 4.79 Å². The number of hydrogen-bond donors (Lipinski definition) is 0. The van der Waals surface area contributed by atoms with Crippen LogP contribution in [0.4, 0.5) is 0 Å². The van der Waals surface area contributed by atoms with E-state index in [2.05, 4.69) is 5.16 Å². The number of halogens is 3. The van der Waals surface area contributed by atoms with Crippen LogP contribution in [0, 0.1) is 0 Å². The lowest BCUT2D eigenvalue weighted by atomic mass is 10.2. The molecule has 0 aliphatic rings. The highest BCUT2D eigenvalue weighted by Crippen LogP contribution is 2.24. The summed E-state index contributed by atoms with van der Waals surface area (Å²) in [4.78, 5) is 12.1. The third-order valence-electron chi connectivity index (χ3n) is 3.19. The molecule has 2 aromatic carbocycles. The van der Waals surface area contributed by atoms with E-state index in [1.165, 1.54) is 12.1 Å². The average Bonchev–Trinajstić information content (AvgIpc) is 3.04. The van der Waals surface area contributed by atoms with Crippen LogP contribution in [-0.2, 0) is 11.3 Å². The first-order valence-electron chi connectivity index (χ1n) is 6.86. The number of carbonyl (C=O) groups is 1. The van der Waals surface area contributed by atoms with Crippen LogP contribution in [0.3, 0.4) is 0 Å². The summed E-state index contributed by atoms with van der Waals surface area (Å²) in [5.74, 6) is -0.0305. The number of esters is 1. The SMILES string of the molecule is O=C(OCc1cc(-c2ccc(Cl)cc2)on1)c1cc(Cl)ccc1Cl. The number of benzene rings is 2. The monoisotopic (exact) mass is 381 g/mol. The predicted molar refractivity (Wildman–Crippen MR) is 92.5 cm³/mol. The van der Waals surface area contributed by atoms with Crippen LogP contribution in [0.25, 0.3) is 11.3 Å². The van der Waals surface area contributed by atoms with Crippen molar-refractivity contribution in [3.8, 4) is 11.3 Å². The highest BCUT2D eigenvalue weighted by molar-refractivity contribution is 6.35. The van der Waals surface area contributed by atoms with Crippen LogP contribution in [0.1, 0.15) is 16.1 Å². The van der Waals surface area contributed by atoms with Crippen molar-refractivity contribution in [3.63, 3.8) is 0 Å². The Bertz CT molecular complexity index is 875. The summed E-state index contributed by atoms with van der Waals surface area (Å²) < 4.78 is 10.4. The second-order valence-corrected chi connectivity index (χ2v) is 6.17. The Labute approximate surface area is 152 Å². The normalized spacial score (nSPS) is 10.6. The quantitative estimate of drug-likeness (QED) is 0.546. The molecule has 0 aliphatic heterocycles. The summed E-state index contributed by atoms with van der Waals surface area (Å²) in [6.45, 7) is -0.0429. The summed E-state index contributed by atoms with van der Waals surface area (Å²) in [5, 5.41) is 5.18. The fourth-order valence-electron chi connectivity index (χ4n) is 2.00. The molecule has 4 nitrogen and oxygen atoms in total. The van der Waals surface area contributed by atoms with Crippen molar-refractivity contribution < 1.29 is 14.1 Å². The maximum absolute atomic E-state index is 12.1. The van der Waals surface area contributed by atoms with E-state index >= 15 is 0 Å². The van der Waals surface area contributed by atoms with E-state index in [0.29, 0.717) is 21.5 Å². The van der Waals surface area contributed by atoms with Crippen molar-refractivity contribution in [3.05, 3.63) is 74.9 Å². The second kappa shape index (κ2) is 7.26. The van der Waals surface area contributed by atoms with Gasteiger partial charge in [-0.05, 0) is 42.5 Å². The summed E-state index contributed by atoms with van der Waals surface area (Å²) in [6.07, 6.45) is 0. The fourth-order valence-corrected chi connectivity index (χ4v) is 2.49. The zero-order valence-corrected chi connectivity index (χ0v) is 14.4. The lowest BCUT2D eigenvalue weighted by Gasteiger charge is -2.04. The van der Waals surface area contributed by atoms with E-state index in [-0.39, 0.29) is 17.2 Å². The minimum Gasteiger partial charge on any atom is -0.455 e. The van der Waals surface area contributed by atoms with Crippen LogP contribution in [-0.4, -0.2) is 11.1 Å². The molecule has 3 rings (SSSR count). The van der Waals surface area contributed by atoms with Gasteiger partial charge < -0.3 is 9.26 Å². The molecule has 0 saturated carbocycles. The molecule has 0 fully saturated rings. The van der Waals surface area contributed by atoms with Gasteiger partial charge in [-0.15, -0.1) is 0 Å². The van der Waals surface area contributed by atoms with Gasteiger partial charge in [0, 0.05) is 21.7 Å². The van der Waals surface area contributed by atoms with Gasteiger partial charge in [0.05, 0.1) is 10.6 Å². The van der Waals surface area contributed by atoms with Crippen molar-refractivity contribution >= 4 is 40.8 Å². The molecule has 0 bridgehead atoms. The molecule has 3 aromatic rings. The first-order valence-corrected chi connectivity index (χ1v) is 8.00. The van der Waals surface area contributed by atoms with Gasteiger partial charge in [-0.3, -0.25) is 0 Å². The van der Waals surface area contributed by atoms with Crippen LogP contribution >= 0.6 is 34.8 Å². The number of carbonyl (C=O) groups excluding carboxylic acids is 1.